The van der Waals surface area contributed by atoms with Crippen molar-refractivity contribution in [2.75, 3.05) is 0 Å². The Morgan fingerprint density at radius 1 is 1.26 bits per heavy atom. The van der Waals surface area contributed by atoms with Gasteiger partial charge in [0.25, 0.3) is 0 Å². The number of rotatable bonds is 2. The maximum absolute atomic E-state index is 4.45. The van der Waals surface area contributed by atoms with E-state index in [4.69, 9.17) is 0 Å². The Hall–Kier alpha value is -0.830. The number of fused-ring (bicyclic) bond motifs is 1. The van der Waals surface area contributed by atoms with Crippen molar-refractivity contribution < 1.29 is 0 Å². The summed E-state index contributed by atoms with van der Waals surface area (Å²) in [6.45, 7) is 4.81. The molecule has 3 rings (SSSR count). The van der Waals surface area contributed by atoms with Crippen LogP contribution < -0.4 is 5.32 Å². The van der Waals surface area contributed by atoms with Gasteiger partial charge in [0, 0.05) is 30.4 Å². The number of nitrogens with one attached hydrogen (secondary N) is 1. The molecule has 1 heterocycles. The zero-order valence-corrected chi connectivity index (χ0v) is 12.5. The lowest BCUT2D eigenvalue weighted by molar-refractivity contribution is 0.207. The second kappa shape index (κ2) is 5.28. The van der Waals surface area contributed by atoms with Crippen LogP contribution >= 0.6 is 0 Å². The molecule has 4 unspecified atom stereocenters. The third-order valence-corrected chi connectivity index (χ3v) is 5.25. The lowest BCUT2D eigenvalue weighted by Crippen LogP contribution is -2.42. The van der Waals surface area contributed by atoms with E-state index in [2.05, 4.69) is 42.2 Å². The highest BCUT2D eigenvalue weighted by Crippen LogP contribution is 2.34. The first-order chi connectivity index (χ1) is 9.15. The standard InChI is InChI=1S/C16H27N3/c1-11-7-8-12(2)15(9-11)18-14-5-4-6-16-13(14)10-17-19(16)3/h10-12,14-15,18H,4-9H2,1-3H3. The van der Waals surface area contributed by atoms with Gasteiger partial charge in [-0.1, -0.05) is 20.3 Å². The summed E-state index contributed by atoms with van der Waals surface area (Å²) in [5.74, 6) is 1.70. The van der Waals surface area contributed by atoms with Gasteiger partial charge in [-0.3, -0.25) is 4.68 Å². The summed E-state index contributed by atoms with van der Waals surface area (Å²) in [5, 5.41) is 8.41. The van der Waals surface area contributed by atoms with E-state index in [9.17, 15) is 0 Å². The molecule has 0 spiro atoms. The van der Waals surface area contributed by atoms with Crippen LogP contribution in [-0.2, 0) is 13.5 Å². The second-order valence-electron chi connectivity index (χ2n) is 6.78. The molecule has 2 aliphatic rings. The molecule has 0 saturated heterocycles. The Labute approximate surface area is 116 Å². The molecule has 0 amide bonds. The number of hydrogen-bond acceptors (Lipinski definition) is 2. The zero-order valence-electron chi connectivity index (χ0n) is 12.5. The molecular formula is C16H27N3. The third kappa shape index (κ3) is 2.58. The molecule has 3 heteroatoms. The molecule has 106 valence electrons. The molecule has 0 radical (unpaired) electrons. The molecular weight excluding hydrogens is 234 g/mol. The van der Waals surface area contributed by atoms with Gasteiger partial charge in [0.15, 0.2) is 0 Å². The fourth-order valence-corrected chi connectivity index (χ4v) is 3.90. The van der Waals surface area contributed by atoms with Crippen LogP contribution in [0, 0.1) is 11.8 Å². The maximum Gasteiger partial charge on any atom is 0.0540 e. The van der Waals surface area contributed by atoms with Crippen LogP contribution in [0.25, 0.3) is 0 Å². The smallest absolute Gasteiger partial charge is 0.0540 e. The Kier molecular flexibility index (Phi) is 3.66. The largest absolute Gasteiger partial charge is 0.307 e. The Balaban J connectivity index is 1.73. The van der Waals surface area contributed by atoms with Crippen molar-refractivity contribution in [1.29, 1.82) is 0 Å². The molecule has 0 aromatic carbocycles. The van der Waals surface area contributed by atoms with Crippen LogP contribution in [0.5, 0.6) is 0 Å². The van der Waals surface area contributed by atoms with Crippen LogP contribution in [0.4, 0.5) is 0 Å². The van der Waals surface area contributed by atoms with Crippen molar-refractivity contribution in [3.63, 3.8) is 0 Å². The molecule has 2 aliphatic carbocycles. The first kappa shape index (κ1) is 13.2. The topological polar surface area (TPSA) is 29.9 Å². The lowest BCUT2D eigenvalue weighted by Gasteiger charge is -2.37. The van der Waals surface area contributed by atoms with Gasteiger partial charge in [-0.15, -0.1) is 0 Å². The minimum atomic E-state index is 0.537. The van der Waals surface area contributed by atoms with Crippen molar-refractivity contribution >= 4 is 0 Å². The van der Waals surface area contributed by atoms with E-state index in [1.165, 1.54) is 49.8 Å². The van der Waals surface area contributed by atoms with Gasteiger partial charge < -0.3 is 5.32 Å². The summed E-state index contributed by atoms with van der Waals surface area (Å²) in [4.78, 5) is 0. The summed E-state index contributed by atoms with van der Waals surface area (Å²) < 4.78 is 2.07. The molecule has 1 fully saturated rings. The average molecular weight is 261 g/mol. The van der Waals surface area contributed by atoms with Gasteiger partial charge >= 0.3 is 0 Å². The monoisotopic (exact) mass is 261 g/mol. The van der Waals surface area contributed by atoms with Crippen LogP contribution in [0.3, 0.4) is 0 Å². The van der Waals surface area contributed by atoms with Crippen molar-refractivity contribution in [3.8, 4) is 0 Å². The molecule has 0 aliphatic heterocycles. The molecule has 3 nitrogen and oxygen atoms in total. The van der Waals surface area contributed by atoms with E-state index < -0.39 is 0 Å². The van der Waals surface area contributed by atoms with Crippen molar-refractivity contribution in [3.05, 3.63) is 17.5 Å². The fraction of sp³-hybridized carbons (Fsp3) is 0.812. The summed E-state index contributed by atoms with van der Waals surface area (Å²) in [7, 11) is 2.08. The third-order valence-electron chi connectivity index (χ3n) is 5.25. The quantitative estimate of drug-likeness (QED) is 0.886. The van der Waals surface area contributed by atoms with Crippen LogP contribution in [0.2, 0.25) is 0 Å². The minimum absolute atomic E-state index is 0.537. The van der Waals surface area contributed by atoms with E-state index in [-0.39, 0.29) is 0 Å². The zero-order chi connectivity index (χ0) is 13.4. The first-order valence-electron chi connectivity index (χ1n) is 7.92. The summed E-state index contributed by atoms with van der Waals surface area (Å²) in [6.07, 6.45) is 9.97. The predicted molar refractivity (Wildman–Crippen MR) is 78.0 cm³/mol. The van der Waals surface area contributed by atoms with Crippen LogP contribution in [-0.4, -0.2) is 15.8 Å². The second-order valence-corrected chi connectivity index (χ2v) is 6.78. The van der Waals surface area contributed by atoms with Crippen LogP contribution in [0.1, 0.15) is 63.3 Å². The van der Waals surface area contributed by atoms with E-state index >= 15 is 0 Å². The summed E-state index contributed by atoms with van der Waals surface area (Å²) in [5.41, 5.74) is 2.90. The summed E-state index contributed by atoms with van der Waals surface area (Å²) in [6, 6.07) is 1.23. The minimum Gasteiger partial charge on any atom is -0.307 e. The number of aryl methyl sites for hydroxylation is 1. The van der Waals surface area contributed by atoms with Crippen molar-refractivity contribution in [2.45, 2.75) is 64.5 Å². The van der Waals surface area contributed by atoms with E-state index in [1.54, 1.807) is 0 Å². The normalized spacial score (nSPS) is 35.1. The summed E-state index contributed by atoms with van der Waals surface area (Å²) >= 11 is 0. The molecule has 4 atom stereocenters. The molecule has 1 aromatic rings. The number of nitrogens with zero attached hydrogens (tertiary/aromatic N) is 2. The van der Waals surface area contributed by atoms with Gasteiger partial charge in [-0.25, -0.2) is 0 Å². The highest BCUT2D eigenvalue weighted by molar-refractivity contribution is 5.24. The maximum atomic E-state index is 4.45. The Morgan fingerprint density at radius 3 is 2.95 bits per heavy atom. The van der Waals surface area contributed by atoms with Gasteiger partial charge in [0.05, 0.1) is 6.20 Å². The van der Waals surface area contributed by atoms with E-state index in [0.29, 0.717) is 12.1 Å². The van der Waals surface area contributed by atoms with E-state index in [0.717, 1.165) is 11.8 Å². The van der Waals surface area contributed by atoms with Crippen molar-refractivity contribution in [2.24, 2.45) is 18.9 Å². The first-order valence-corrected chi connectivity index (χ1v) is 7.92. The van der Waals surface area contributed by atoms with E-state index in [1.807, 2.05) is 0 Å². The highest BCUT2D eigenvalue weighted by atomic mass is 15.3. The number of hydrogen-bond donors (Lipinski definition) is 1. The SMILES string of the molecule is CC1CCC(C)C(NC2CCCc3c2cnn3C)C1. The highest BCUT2D eigenvalue weighted by Gasteiger charge is 2.30. The van der Waals surface area contributed by atoms with Gasteiger partial charge in [0.1, 0.15) is 0 Å². The Morgan fingerprint density at radius 2 is 2.11 bits per heavy atom. The predicted octanol–water partition coefficient (Wildman–Crippen LogP) is 3.21. The number of aromatic nitrogens is 2. The molecule has 1 aromatic heterocycles. The molecule has 1 N–H and O–H groups in total. The molecule has 19 heavy (non-hydrogen) atoms. The van der Waals surface area contributed by atoms with Gasteiger partial charge in [-0.2, -0.15) is 5.10 Å². The average Bonchev–Trinajstić information content (AvgIpc) is 2.77. The fourth-order valence-electron chi connectivity index (χ4n) is 3.90. The van der Waals surface area contributed by atoms with Crippen molar-refractivity contribution in [1.82, 2.24) is 15.1 Å². The molecule has 0 bridgehead atoms. The van der Waals surface area contributed by atoms with Gasteiger partial charge in [-0.05, 0) is 43.9 Å². The van der Waals surface area contributed by atoms with Gasteiger partial charge in [0.2, 0.25) is 0 Å². The molecule has 1 saturated carbocycles. The van der Waals surface area contributed by atoms with Crippen LogP contribution in [0.15, 0.2) is 6.20 Å². The lowest BCUT2D eigenvalue weighted by atomic mass is 9.79. The Bertz CT molecular complexity index is 437.